The highest BCUT2D eigenvalue weighted by molar-refractivity contribution is 9.10. The Morgan fingerprint density at radius 1 is 1.29 bits per heavy atom. The summed E-state index contributed by atoms with van der Waals surface area (Å²) in [7, 11) is 1.38. The Morgan fingerprint density at radius 3 is 2.65 bits per heavy atom. The largest absolute Gasteiger partial charge is 0.492 e. The average Bonchev–Trinajstić information content (AvgIpc) is 3.08. The molecule has 0 radical (unpaired) electrons. The van der Waals surface area contributed by atoms with E-state index in [2.05, 4.69) is 42.0 Å². The van der Waals surface area contributed by atoms with Gasteiger partial charge < -0.3 is 14.8 Å². The second-order valence-corrected chi connectivity index (χ2v) is 10.9. The fourth-order valence-electron chi connectivity index (χ4n) is 3.88. The fraction of sp³-hybridized carbons (Fsp3) is 0.500. The zero-order valence-corrected chi connectivity index (χ0v) is 21.2. The quantitative estimate of drug-likeness (QED) is 0.453. The number of hydrogen-bond donors (Lipinski definition) is 1. The topological polar surface area (TPSA) is 64.6 Å². The lowest BCUT2D eigenvalue weighted by molar-refractivity contribution is 0.0600. The summed E-state index contributed by atoms with van der Waals surface area (Å²) >= 11 is 4.97. The Hall–Kier alpha value is -1.86. The van der Waals surface area contributed by atoms with Gasteiger partial charge in [0.15, 0.2) is 0 Å². The molecule has 7 heteroatoms. The minimum Gasteiger partial charge on any atom is -0.492 e. The van der Waals surface area contributed by atoms with Crippen molar-refractivity contribution in [2.75, 3.05) is 19.0 Å². The summed E-state index contributed by atoms with van der Waals surface area (Å²) < 4.78 is 11.4. The van der Waals surface area contributed by atoms with Crippen molar-refractivity contribution in [3.05, 3.63) is 44.2 Å². The maximum atomic E-state index is 13.0. The van der Waals surface area contributed by atoms with Crippen LogP contribution in [0.4, 0.5) is 5.00 Å². The average molecular weight is 508 g/mol. The Balaban J connectivity index is 1.87. The number of ether oxygens (including phenoxy) is 2. The molecule has 31 heavy (non-hydrogen) atoms. The van der Waals surface area contributed by atoms with Crippen LogP contribution >= 0.6 is 27.3 Å². The molecule has 3 rings (SSSR count). The molecule has 1 aliphatic carbocycles. The van der Waals surface area contributed by atoms with Crippen molar-refractivity contribution in [1.29, 1.82) is 0 Å². The summed E-state index contributed by atoms with van der Waals surface area (Å²) in [6, 6.07) is 5.25. The number of hydrogen-bond acceptors (Lipinski definition) is 5. The minimum absolute atomic E-state index is 0.199. The number of benzene rings is 1. The SMILES string of the molecule is CCCOc1ccc(C(=O)Nc2sc3c(c2C(=O)OC)CCC(C(C)(C)C)C3)cc1Br. The maximum absolute atomic E-state index is 13.0. The summed E-state index contributed by atoms with van der Waals surface area (Å²) in [6.45, 7) is 9.42. The number of rotatable bonds is 6. The molecule has 0 aliphatic heterocycles. The predicted octanol–water partition coefficient (Wildman–Crippen LogP) is 6.49. The number of carbonyl (C=O) groups excluding carboxylic acids is 2. The highest BCUT2D eigenvalue weighted by atomic mass is 79.9. The first-order chi connectivity index (χ1) is 14.7. The van der Waals surface area contributed by atoms with Crippen molar-refractivity contribution in [2.45, 2.75) is 53.4 Å². The number of amides is 1. The molecule has 1 aromatic carbocycles. The maximum Gasteiger partial charge on any atom is 0.341 e. The van der Waals surface area contributed by atoms with E-state index < -0.39 is 5.97 Å². The van der Waals surface area contributed by atoms with Crippen LogP contribution in [0.2, 0.25) is 0 Å². The van der Waals surface area contributed by atoms with Gasteiger partial charge in [-0.3, -0.25) is 4.79 Å². The molecule has 1 N–H and O–H groups in total. The Labute approximate surface area is 196 Å². The molecule has 0 spiro atoms. The van der Waals surface area contributed by atoms with Crippen molar-refractivity contribution in [1.82, 2.24) is 0 Å². The highest BCUT2D eigenvalue weighted by Gasteiger charge is 2.34. The van der Waals surface area contributed by atoms with Crippen LogP contribution in [0.3, 0.4) is 0 Å². The van der Waals surface area contributed by atoms with Crippen LogP contribution in [0.25, 0.3) is 0 Å². The predicted molar refractivity (Wildman–Crippen MR) is 129 cm³/mol. The van der Waals surface area contributed by atoms with E-state index in [1.165, 1.54) is 23.3 Å². The van der Waals surface area contributed by atoms with E-state index in [1.807, 2.05) is 6.92 Å². The van der Waals surface area contributed by atoms with E-state index in [1.54, 1.807) is 18.2 Å². The molecular formula is C24H30BrNO4S. The lowest BCUT2D eigenvalue weighted by Crippen LogP contribution is -2.26. The number of thiophene rings is 1. The van der Waals surface area contributed by atoms with Gasteiger partial charge in [-0.25, -0.2) is 4.79 Å². The molecule has 0 bridgehead atoms. The molecule has 0 fully saturated rings. The lowest BCUT2D eigenvalue weighted by Gasteiger charge is -2.33. The number of anilines is 1. The summed E-state index contributed by atoms with van der Waals surface area (Å²) in [5.74, 6) is 0.582. The molecule has 1 heterocycles. The normalized spacial score (nSPS) is 15.9. The minimum atomic E-state index is -0.397. The highest BCUT2D eigenvalue weighted by Crippen LogP contribution is 2.44. The van der Waals surface area contributed by atoms with Gasteiger partial charge in [0.1, 0.15) is 10.8 Å². The molecule has 2 aromatic rings. The molecule has 168 valence electrons. The van der Waals surface area contributed by atoms with Crippen LogP contribution in [0.5, 0.6) is 5.75 Å². The van der Waals surface area contributed by atoms with Crippen molar-refractivity contribution >= 4 is 44.1 Å². The van der Waals surface area contributed by atoms with Crippen LogP contribution in [-0.4, -0.2) is 25.6 Å². The van der Waals surface area contributed by atoms with Gasteiger partial charge in [0.25, 0.3) is 5.91 Å². The summed E-state index contributed by atoms with van der Waals surface area (Å²) in [6.07, 6.45) is 3.67. The van der Waals surface area contributed by atoms with E-state index in [-0.39, 0.29) is 11.3 Å². The first kappa shape index (κ1) is 23.8. The molecule has 1 amide bonds. The van der Waals surface area contributed by atoms with E-state index in [9.17, 15) is 9.59 Å². The van der Waals surface area contributed by atoms with Gasteiger partial charge >= 0.3 is 5.97 Å². The van der Waals surface area contributed by atoms with Gasteiger partial charge in [-0.15, -0.1) is 11.3 Å². The van der Waals surface area contributed by atoms with Gasteiger partial charge in [0, 0.05) is 10.4 Å². The fourth-order valence-corrected chi connectivity index (χ4v) is 5.68. The van der Waals surface area contributed by atoms with Crippen molar-refractivity contribution in [2.24, 2.45) is 11.3 Å². The molecular weight excluding hydrogens is 478 g/mol. The number of nitrogens with one attached hydrogen (secondary N) is 1. The zero-order valence-electron chi connectivity index (χ0n) is 18.8. The van der Waals surface area contributed by atoms with Crippen LogP contribution in [0, 0.1) is 11.3 Å². The number of esters is 1. The Kier molecular flexibility index (Phi) is 7.47. The van der Waals surface area contributed by atoms with Crippen LogP contribution in [0.1, 0.15) is 71.7 Å². The second-order valence-electron chi connectivity index (χ2n) is 8.95. The van der Waals surface area contributed by atoms with E-state index in [0.29, 0.717) is 34.4 Å². The van der Waals surface area contributed by atoms with Crippen LogP contribution < -0.4 is 10.1 Å². The molecule has 1 aliphatic rings. The summed E-state index contributed by atoms with van der Waals surface area (Å²) in [5, 5.41) is 3.53. The third-order valence-electron chi connectivity index (χ3n) is 5.76. The summed E-state index contributed by atoms with van der Waals surface area (Å²) in [5.41, 5.74) is 2.22. The molecule has 0 saturated heterocycles. The third-order valence-corrected chi connectivity index (χ3v) is 7.55. The van der Waals surface area contributed by atoms with Gasteiger partial charge in [-0.05, 0) is 76.7 Å². The molecule has 1 atom stereocenters. The van der Waals surface area contributed by atoms with E-state index in [4.69, 9.17) is 9.47 Å². The van der Waals surface area contributed by atoms with Crippen molar-refractivity contribution in [3.63, 3.8) is 0 Å². The first-order valence-electron chi connectivity index (χ1n) is 10.6. The second kappa shape index (κ2) is 9.74. The lowest BCUT2D eigenvalue weighted by atomic mass is 9.72. The first-order valence-corrected chi connectivity index (χ1v) is 12.2. The Bertz CT molecular complexity index is 977. The smallest absolute Gasteiger partial charge is 0.341 e. The Morgan fingerprint density at radius 2 is 2.03 bits per heavy atom. The standard InChI is InChI=1S/C24H30BrNO4S/c1-6-11-30-18-10-7-14(12-17(18)25)21(27)26-22-20(23(28)29-5)16-9-8-15(24(2,3)4)13-19(16)31-22/h7,10,12,15H,6,8-9,11,13H2,1-5H3,(H,26,27). The van der Waals surface area contributed by atoms with Crippen molar-refractivity contribution < 1.29 is 19.1 Å². The van der Waals surface area contributed by atoms with Crippen molar-refractivity contribution in [3.8, 4) is 5.75 Å². The molecule has 5 nitrogen and oxygen atoms in total. The number of halogens is 1. The van der Waals surface area contributed by atoms with Gasteiger partial charge in [0.05, 0.1) is 23.8 Å². The number of fused-ring (bicyclic) bond motifs is 1. The number of carbonyl (C=O) groups is 2. The number of methoxy groups -OCH3 is 1. The van der Waals surface area contributed by atoms with Crippen LogP contribution in [-0.2, 0) is 17.6 Å². The van der Waals surface area contributed by atoms with E-state index in [0.717, 1.165) is 35.7 Å². The van der Waals surface area contributed by atoms with Gasteiger partial charge in [-0.2, -0.15) is 0 Å². The molecule has 1 unspecified atom stereocenters. The van der Waals surface area contributed by atoms with E-state index >= 15 is 0 Å². The zero-order chi connectivity index (χ0) is 22.8. The summed E-state index contributed by atoms with van der Waals surface area (Å²) in [4.78, 5) is 26.7. The van der Waals surface area contributed by atoms with Crippen LogP contribution in [0.15, 0.2) is 22.7 Å². The third kappa shape index (κ3) is 5.32. The van der Waals surface area contributed by atoms with Gasteiger partial charge in [-0.1, -0.05) is 27.7 Å². The van der Waals surface area contributed by atoms with Gasteiger partial charge in [0.2, 0.25) is 0 Å². The monoisotopic (exact) mass is 507 g/mol. The molecule has 1 aromatic heterocycles. The molecule has 0 saturated carbocycles.